The van der Waals surface area contributed by atoms with Crippen LogP contribution in [0, 0.1) is 0 Å². The number of benzene rings is 1. The maximum absolute atomic E-state index is 12.7. The van der Waals surface area contributed by atoms with Crippen LogP contribution in [0.5, 0.6) is 0 Å². The molecule has 0 saturated heterocycles. The lowest BCUT2D eigenvalue weighted by Gasteiger charge is -2.18. The van der Waals surface area contributed by atoms with E-state index in [1.165, 1.54) is 17.1 Å². The maximum Gasteiger partial charge on any atom is 0.243 e. The molecule has 26 heavy (non-hydrogen) atoms. The summed E-state index contributed by atoms with van der Waals surface area (Å²) in [5.41, 5.74) is 0.758. The number of hydrogen-bond acceptors (Lipinski definition) is 5. The molecule has 1 heterocycles. The van der Waals surface area contributed by atoms with Crippen molar-refractivity contribution in [2.75, 3.05) is 18.8 Å². The average molecular weight is 397 g/mol. The lowest BCUT2D eigenvalue weighted by Crippen LogP contribution is -2.30. The van der Waals surface area contributed by atoms with Crippen molar-refractivity contribution in [3.05, 3.63) is 24.3 Å². The lowest BCUT2D eigenvalue weighted by molar-refractivity contribution is 0.445. The molecule has 0 saturated carbocycles. The molecule has 6 nitrogen and oxygen atoms in total. The molecular formula is C18H28N4O2S2. The van der Waals surface area contributed by atoms with Gasteiger partial charge in [-0.15, -0.1) is 10.2 Å². The van der Waals surface area contributed by atoms with Gasteiger partial charge in [-0.25, -0.2) is 8.42 Å². The number of nitrogens with zero attached hydrogens (tertiary/aromatic N) is 4. The average Bonchev–Trinajstić information content (AvgIpc) is 3.00. The second kappa shape index (κ2) is 9.53. The number of unbranched alkanes of at least 4 members (excludes halogenated alkanes) is 2. The topological polar surface area (TPSA) is 68.1 Å². The monoisotopic (exact) mass is 396 g/mol. The van der Waals surface area contributed by atoms with Gasteiger partial charge in [0.15, 0.2) is 11.0 Å². The summed E-state index contributed by atoms with van der Waals surface area (Å²) in [5, 5.41) is 9.40. The fraction of sp³-hybridized carbons (Fsp3) is 0.556. The van der Waals surface area contributed by atoms with Crippen LogP contribution in [-0.4, -0.2) is 46.3 Å². The first-order valence-corrected chi connectivity index (χ1v) is 11.5. The van der Waals surface area contributed by atoms with Gasteiger partial charge in [-0.3, -0.25) is 0 Å². The van der Waals surface area contributed by atoms with Crippen molar-refractivity contribution in [3.63, 3.8) is 0 Å². The van der Waals surface area contributed by atoms with Gasteiger partial charge in [0.2, 0.25) is 10.0 Å². The van der Waals surface area contributed by atoms with E-state index < -0.39 is 10.0 Å². The van der Waals surface area contributed by atoms with Gasteiger partial charge in [0.25, 0.3) is 0 Å². The van der Waals surface area contributed by atoms with Crippen molar-refractivity contribution in [1.29, 1.82) is 0 Å². The summed E-state index contributed by atoms with van der Waals surface area (Å²) in [7, 11) is -1.57. The van der Waals surface area contributed by atoms with E-state index >= 15 is 0 Å². The third-order valence-electron chi connectivity index (χ3n) is 4.25. The predicted octanol–water partition coefficient (Wildman–Crippen LogP) is 3.79. The summed E-state index contributed by atoms with van der Waals surface area (Å²) in [5.74, 6) is 1.69. The quantitative estimate of drug-likeness (QED) is 0.451. The fourth-order valence-corrected chi connectivity index (χ4v) is 5.13. The molecule has 0 amide bonds. The zero-order valence-electron chi connectivity index (χ0n) is 16.0. The van der Waals surface area contributed by atoms with Crippen LogP contribution in [0.1, 0.15) is 40.0 Å². The minimum absolute atomic E-state index is 0.291. The minimum atomic E-state index is -3.49. The van der Waals surface area contributed by atoms with E-state index in [2.05, 4.69) is 17.1 Å². The third kappa shape index (κ3) is 4.66. The Bertz CT molecular complexity index is 814. The normalized spacial score (nSPS) is 12.0. The number of thioether (sulfide) groups is 1. The second-order valence-electron chi connectivity index (χ2n) is 6.04. The first-order chi connectivity index (χ1) is 12.5. The van der Waals surface area contributed by atoms with Crippen LogP contribution in [0.4, 0.5) is 0 Å². The smallest absolute Gasteiger partial charge is 0.243 e. The Balaban J connectivity index is 2.27. The summed E-state index contributed by atoms with van der Waals surface area (Å²) < 4.78 is 28.9. The zero-order valence-corrected chi connectivity index (χ0v) is 17.6. The SMILES string of the molecule is CCCCCSc1nnc(-c2cccc(S(=O)(=O)N(CC)CC)c2)n1C. The van der Waals surface area contributed by atoms with Crippen molar-refractivity contribution in [2.45, 2.75) is 50.1 Å². The Morgan fingerprint density at radius 1 is 1.12 bits per heavy atom. The predicted molar refractivity (Wildman–Crippen MR) is 107 cm³/mol. The number of rotatable bonds is 10. The van der Waals surface area contributed by atoms with E-state index in [9.17, 15) is 8.42 Å². The van der Waals surface area contributed by atoms with Crippen molar-refractivity contribution in [1.82, 2.24) is 19.1 Å². The molecule has 1 aromatic carbocycles. The first kappa shape index (κ1) is 20.9. The van der Waals surface area contributed by atoms with E-state index in [0.717, 1.165) is 22.9 Å². The summed E-state index contributed by atoms with van der Waals surface area (Å²) in [6.07, 6.45) is 3.56. The maximum atomic E-state index is 12.7. The van der Waals surface area contributed by atoms with E-state index in [1.807, 2.05) is 31.5 Å². The molecule has 0 unspecified atom stereocenters. The summed E-state index contributed by atoms with van der Waals surface area (Å²) in [6.45, 7) is 6.77. The van der Waals surface area contributed by atoms with Crippen LogP contribution in [-0.2, 0) is 17.1 Å². The van der Waals surface area contributed by atoms with Crippen LogP contribution in [0.3, 0.4) is 0 Å². The Morgan fingerprint density at radius 2 is 1.85 bits per heavy atom. The number of hydrogen-bond donors (Lipinski definition) is 0. The van der Waals surface area contributed by atoms with Gasteiger partial charge < -0.3 is 4.57 Å². The molecule has 0 aliphatic carbocycles. The Kier molecular flexibility index (Phi) is 7.67. The number of sulfonamides is 1. The minimum Gasteiger partial charge on any atom is -0.305 e. The van der Waals surface area contributed by atoms with E-state index in [0.29, 0.717) is 23.8 Å². The molecule has 0 bridgehead atoms. The van der Waals surface area contributed by atoms with Crippen LogP contribution < -0.4 is 0 Å². The van der Waals surface area contributed by atoms with Crippen molar-refractivity contribution < 1.29 is 8.42 Å². The molecule has 0 aliphatic rings. The summed E-state index contributed by atoms with van der Waals surface area (Å²) in [6, 6.07) is 6.95. The molecular weight excluding hydrogens is 368 g/mol. The van der Waals surface area contributed by atoms with Gasteiger partial charge >= 0.3 is 0 Å². The Hall–Kier alpha value is -1.38. The van der Waals surface area contributed by atoms with Gasteiger partial charge in [0.05, 0.1) is 4.90 Å². The Morgan fingerprint density at radius 3 is 2.50 bits per heavy atom. The largest absolute Gasteiger partial charge is 0.305 e. The highest BCUT2D eigenvalue weighted by Gasteiger charge is 2.22. The molecule has 0 spiro atoms. The van der Waals surface area contributed by atoms with Crippen LogP contribution >= 0.6 is 11.8 Å². The molecule has 2 rings (SSSR count). The molecule has 0 fully saturated rings. The van der Waals surface area contributed by atoms with Crippen molar-refractivity contribution in [3.8, 4) is 11.4 Å². The molecule has 0 radical (unpaired) electrons. The van der Waals surface area contributed by atoms with Gasteiger partial charge in [0, 0.05) is 31.5 Å². The molecule has 1 aromatic heterocycles. The molecule has 0 N–H and O–H groups in total. The van der Waals surface area contributed by atoms with Gasteiger partial charge in [-0.05, 0) is 18.6 Å². The highest BCUT2D eigenvalue weighted by molar-refractivity contribution is 7.99. The molecule has 144 valence electrons. The molecule has 0 aliphatic heterocycles. The van der Waals surface area contributed by atoms with Gasteiger partial charge in [-0.1, -0.05) is 57.5 Å². The lowest BCUT2D eigenvalue weighted by atomic mass is 10.2. The van der Waals surface area contributed by atoms with Crippen molar-refractivity contribution in [2.24, 2.45) is 7.05 Å². The van der Waals surface area contributed by atoms with Crippen LogP contribution in [0.15, 0.2) is 34.3 Å². The second-order valence-corrected chi connectivity index (χ2v) is 9.04. The third-order valence-corrected chi connectivity index (χ3v) is 7.40. The highest BCUT2D eigenvalue weighted by atomic mass is 32.2. The zero-order chi connectivity index (χ0) is 19.2. The van der Waals surface area contributed by atoms with Gasteiger partial charge in [0.1, 0.15) is 0 Å². The van der Waals surface area contributed by atoms with Gasteiger partial charge in [-0.2, -0.15) is 4.31 Å². The summed E-state index contributed by atoms with van der Waals surface area (Å²) >= 11 is 1.69. The molecule has 8 heteroatoms. The Labute approximate surface area is 161 Å². The number of aromatic nitrogens is 3. The van der Waals surface area contributed by atoms with E-state index in [4.69, 9.17) is 0 Å². The molecule has 2 aromatic rings. The first-order valence-electron chi connectivity index (χ1n) is 9.08. The van der Waals surface area contributed by atoms with Crippen LogP contribution in [0.2, 0.25) is 0 Å². The fourth-order valence-electron chi connectivity index (χ4n) is 2.72. The molecule has 0 atom stereocenters. The van der Waals surface area contributed by atoms with Crippen LogP contribution in [0.25, 0.3) is 11.4 Å². The van der Waals surface area contributed by atoms with E-state index in [1.54, 1.807) is 30.0 Å². The standard InChI is InChI=1S/C18H28N4O2S2/c1-5-8-9-13-25-18-20-19-17(21(18)4)15-11-10-12-16(14-15)26(23,24)22(6-2)7-3/h10-12,14H,5-9,13H2,1-4H3. The summed E-state index contributed by atoms with van der Waals surface area (Å²) in [4.78, 5) is 0.291. The highest BCUT2D eigenvalue weighted by Crippen LogP contribution is 2.26. The van der Waals surface area contributed by atoms with Crippen molar-refractivity contribution >= 4 is 21.8 Å². The van der Waals surface area contributed by atoms with E-state index in [-0.39, 0.29) is 0 Å².